The van der Waals surface area contributed by atoms with Gasteiger partial charge in [-0.3, -0.25) is 4.98 Å². The lowest BCUT2D eigenvalue weighted by Crippen LogP contribution is -1.94. The quantitative estimate of drug-likeness (QED) is 0.662. The third kappa shape index (κ3) is 2.72. The minimum Gasteiger partial charge on any atom is -0.256 e. The van der Waals surface area contributed by atoms with Crippen molar-refractivity contribution in [3.63, 3.8) is 0 Å². The maximum Gasteiger partial charge on any atom is 0.0733 e. The van der Waals surface area contributed by atoms with Crippen LogP contribution >= 0.6 is 0 Å². The van der Waals surface area contributed by atoms with Crippen molar-refractivity contribution in [1.82, 2.24) is 4.98 Å². The van der Waals surface area contributed by atoms with Gasteiger partial charge in [-0.1, -0.05) is 48.5 Å². The topological polar surface area (TPSA) is 12.9 Å². The molecule has 1 heterocycles. The molecule has 0 unspecified atom stereocenters. The molecule has 3 aromatic rings. The summed E-state index contributed by atoms with van der Waals surface area (Å²) in [6, 6.07) is 19.3. The molecule has 0 atom stereocenters. The van der Waals surface area contributed by atoms with Gasteiger partial charge in [0.15, 0.2) is 0 Å². The molecule has 2 aromatic carbocycles. The normalized spacial score (nSPS) is 10.8. The minimum absolute atomic E-state index is 1.09. The predicted octanol–water partition coefficient (Wildman–Crippen LogP) is 4.72. The van der Waals surface area contributed by atoms with Crippen LogP contribution in [0.3, 0.4) is 0 Å². The van der Waals surface area contributed by atoms with E-state index in [2.05, 4.69) is 60.4 Å². The molecule has 0 spiro atoms. The van der Waals surface area contributed by atoms with Gasteiger partial charge in [0.05, 0.1) is 5.52 Å². The fourth-order valence-electron chi connectivity index (χ4n) is 2.73. The van der Waals surface area contributed by atoms with Crippen LogP contribution in [0.25, 0.3) is 10.9 Å². The summed E-state index contributed by atoms with van der Waals surface area (Å²) >= 11 is 0. The fourth-order valence-corrected chi connectivity index (χ4v) is 2.73. The minimum atomic E-state index is 1.09. The van der Waals surface area contributed by atoms with Gasteiger partial charge in [-0.15, -0.1) is 0 Å². The number of hydrogen-bond donors (Lipinski definition) is 0. The van der Waals surface area contributed by atoms with E-state index in [4.69, 9.17) is 0 Å². The van der Waals surface area contributed by atoms with Gasteiger partial charge >= 0.3 is 0 Å². The van der Waals surface area contributed by atoms with E-state index in [-0.39, 0.29) is 0 Å². The molecule has 0 fully saturated rings. The lowest BCUT2D eigenvalue weighted by molar-refractivity contribution is 0.819. The molecule has 1 nitrogen and oxygen atoms in total. The maximum absolute atomic E-state index is 4.52. The second-order valence-corrected chi connectivity index (χ2v) is 5.27. The van der Waals surface area contributed by atoms with Crippen LogP contribution < -0.4 is 0 Å². The number of pyridine rings is 1. The summed E-state index contributed by atoms with van der Waals surface area (Å²) in [6.07, 6.45) is 5.27. The number of para-hydroxylation sites is 1. The number of rotatable bonds is 4. The Morgan fingerprint density at radius 2 is 1.55 bits per heavy atom. The lowest BCUT2D eigenvalue weighted by atomic mass is 9.99. The number of aromatic nitrogens is 1. The van der Waals surface area contributed by atoms with Crippen molar-refractivity contribution in [2.24, 2.45) is 0 Å². The molecule has 3 rings (SSSR count). The van der Waals surface area contributed by atoms with Crippen LogP contribution in [0, 0.1) is 6.92 Å². The van der Waals surface area contributed by atoms with E-state index >= 15 is 0 Å². The van der Waals surface area contributed by atoms with Crippen molar-refractivity contribution >= 4 is 10.9 Å². The van der Waals surface area contributed by atoms with Crippen LogP contribution in [0.2, 0.25) is 0 Å². The Morgan fingerprint density at radius 3 is 2.45 bits per heavy atom. The number of aryl methyl sites for hydroxylation is 3. The first kappa shape index (κ1) is 12.9. The van der Waals surface area contributed by atoms with Gasteiger partial charge in [-0.2, -0.15) is 0 Å². The summed E-state index contributed by atoms with van der Waals surface area (Å²) in [4.78, 5) is 4.52. The Kier molecular flexibility index (Phi) is 3.78. The molecule has 100 valence electrons. The highest BCUT2D eigenvalue weighted by molar-refractivity contribution is 5.81. The average Bonchev–Trinajstić information content (AvgIpc) is 2.49. The number of nitrogens with zero attached hydrogens (tertiary/aromatic N) is 1. The highest BCUT2D eigenvalue weighted by Crippen LogP contribution is 2.18. The van der Waals surface area contributed by atoms with Gasteiger partial charge < -0.3 is 0 Å². The largest absolute Gasteiger partial charge is 0.256 e. The SMILES string of the molecule is Cc1ccccc1CCCc1cccc2cccnc12. The molecular weight excluding hydrogens is 242 g/mol. The summed E-state index contributed by atoms with van der Waals surface area (Å²) < 4.78 is 0. The first-order chi connectivity index (χ1) is 9.84. The Balaban J connectivity index is 1.73. The standard InChI is InChI=1S/C19H19N/c1-15-7-2-3-8-16(15)9-4-10-17-11-5-12-18-13-6-14-20-19(17)18/h2-3,5-8,11-14H,4,9-10H2,1H3. The van der Waals surface area contributed by atoms with Crippen molar-refractivity contribution in [1.29, 1.82) is 0 Å². The van der Waals surface area contributed by atoms with E-state index in [1.165, 1.54) is 28.5 Å². The Hall–Kier alpha value is -2.15. The van der Waals surface area contributed by atoms with Crippen molar-refractivity contribution in [2.75, 3.05) is 0 Å². The molecule has 0 N–H and O–H groups in total. The highest BCUT2D eigenvalue weighted by atomic mass is 14.6. The zero-order valence-electron chi connectivity index (χ0n) is 11.8. The highest BCUT2D eigenvalue weighted by Gasteiger charge is 2.02. The van der Waals surface area contributed by atoms with Crippen molar-refractivity contribution in [3.05, 3.63) is 77.5 Å². The smallest absolute Gasteiger partial charge is 0.0733 e. The maximum atomic E-state index is 4.52. The first-order valence-corrected chi connectivity index (χ1v) is 7.22. The second-order valence-electron chi connectivity index (χ2n) is 5.27. The van der Waals surface area contributed by atoms with E-state index in [1.54, 1.807) is 0 Å². The second kappa shape index (κ2) is 5.87. The van der Waals surface area contributed by atoms with E-state index in [0.29, 0.717) is 0 Å². The van der Waals surface area contributed by atoms with Crippen LogP contribution in [0.4, 0.5) is 0 Å². The third-order valence-electron chi connectivity index (χ3n) is 3.87. The third-order valence-corrected chi connectivity index (χ3v) is 3.87. The van der Waals surface area contributed by atoms with Crippen LogP contribution in [-0.2, 0) is 12.8 Å². The van der Waals surface area contributed by atoms with E-state index in [9.17, 15) is 0 Å². The van der Waals surface area contributed by atoms with Crippen molar-refractivity contribution in [2.45, 2.75) is 26.2 Å². The van der Waals surface area contributed by atoms with Crippen LogP contribution in [0.5, 0.6) is 0 Å². The lowest BCUT2D eigenvalue weighted by Gasteiger charge is -2.07. The van der Waals surface area contributed by atoms with Gasteiger partial charge in [-0.25, -0.2) is 0 Å². The molecule has 1 heteroatoms. The van der Waals surface area contributed by atoms with E-state index < -0.39 is 0 Å². The zero-order chi connectivity index (χ0) is 13.8. The molecule has 0 radical (unpaired) electrons. The molecule has 0 aliphatic heterocycles. The first-order valence-electron chi connectivity index (χ1n) is 7.22. The molecule has 0 bridgehead atoms. The van der Waals surface area contributed by atoms with Crippen molar-refractivity contribution in [3.8, 4) is 0 Å². The molecule has 0 saturated heterocycles. The summed E-state index contributed by atoms with van der Waals surface area (Å²) in [7, 11) is 0. The van der Waals surface area contributed by atoms with Gasteiger partial charge in [0.1, 0.15) is 0 Å². The summed E-state index contributed by atoms with van der Waals surface area (Å²) in [5.74, 6) is 0. The number of benzene rings is 2. The fraction of sp³-hybridized carbons (Fsp3) is 0.211. The van der Waals surface area contributed by atoms with Gasteiger partial charge in [0.25, 0.3) is 0 Å². The van der Waals surface area contributed by atoms with Crippen LogP contribution in [-0.4, -0.2) is 4.98 Å². The van der Waals surface area contributed by atoms with Crippen molar-refractivity contribution < 1.29 is 0 Å². The number of hydrogen-bond acceptors (Lipinski definition) is 1. The molecule has 0 aliphatic rings. The zero-order valence-corrected chi connectivity index (χ0v) is 11.8. The molecule has 0 saturated carbocycles. The number of fused-ring (bicyclic) bond motifs is 1. The predicted molar refractivity (Wildman–Crippen MR) is 84.9 cm³/mol. The van der Waals surface area contributed by atoms with Gasteiger partial charge in [-0.05, 0) is 48.9 Å². The molecule has 1 aromatic heterocycles. The molecule has 20 heavy (non-hydrogen) atoms. The van der Waals surface area contributed by atoms with Gasteiger partial charge in [0.2, 0.25) is 0 Å². The summed E-state index contributed by atoms with van der Waals surface area (Å²) in [5, 5.41) is 1.24. The summed E-state index contributed by atoms with van der Waals surface area (Å²) in [5.41, 5.74) is 5.36. The van der Waals surface area contributed by atoms with E-state index in [0.717, 1.165) is 18.4 Å². The monoisotopic (exact) mass is 261 g/mol. The Labute approximate surface area is 120 Å². The molecular formula is C19H19N. The molecule has 0 aliphatic carbocycles. The average molecular weight is 261 g/mol. The molecule has 0 amide bonds. The Morgan fingerprint density at radius 1 is 0.800 bits per heavy atom. The summed E-state index contributed by atoms with van der Waals surface area (Å²) in [6.45, 7) is 2.19. The van der Waals surface area contributed by atoms with Gasteiger partial charge in [0, 0.05) is 11.6 Å². The van der Waals surface area contributed by atoms with Crippen LogP contribution in [0.15, 0.2) is 60.8 Å². The van der Waals surface area contributed by atoms with Crippen LogP contribution in [0.1, 0.15) is 23.1 Å². The Bertz CT molecular complexity index is 710. The van der Waals surface area contributed by atoms with E-state index in [1.807, 2.05) is 12.3 Å².